The molecule has 2 aromatic rings. The summed E-state index contributed by atoms with van der Waals surface area (Å²) in [4.78, 5) is 21.0. The Labute approximate surface area is 118 Å². The Morgan fingerprint density at radius 1 is 1.35 bits per heavy atom. The summed E-state index contributed by atoms with van der Waals surface area (Å²) in [5.74, 6) is 0.114. The fourth-order valence-corrected chi connectivity index (χ4v) is 2.78. The van der Waals surface area contributed by atoms with Crippen LogP contribution in [-0.4, -0.2) is 58.3 Å². The summed E-state index contributed by atoms with van der Waals surface area (Å²) in [6.07, 6.45) is 4.87. The van der Waals surface area contributed by atoms with Gasteiger partial charge in [-0.05, 0) is 39.6 Å². The van der Waals surface area contributed by atoms with E-state index < -0.39 is 0 Å². The minimum atomic E-state index is 0.114. The molecule has 0 N–H and O–H groups in total. The van der Waals surface area contributed by atoms with Gasteiger partial charge in [-0.25, -0.2) is 4.98 Å². The number of carbonyl (C=O) groups is 1. The summed E-state index contributed by atoms with van der Waals surface area (Å²) >= 11 is 0. The zero-order chi connectivity index (χ0) is 14.3. The van der Waals surface area contributed by atoms with E-state index in [1.165, 1.54) is 0 Å². The number of carbonyl (C=O) groups excluding carboxylic acids is 1. The summed E-state index contributed by atoms with van der Waals surface area (Å²) < 4.78 is 1.92. The molecule has 0 spiro atoms. The van der Waals surface area contributed by atoms with Crippen LogP contribution >= 0.6 is 0 Å². The van der Waals surface area contributed by atoms with Gasteiger partial charge in [-0.15, -0.1) is 0 Å². The minimum Gasteiger partial charge on any atom is -0.337 e. The Kier molecular flexibility index (Phi) is 3.22. The Morgan fingerprint density at radius 3 is 2.85 bits per heavy atom. The molecule has 2 aromatic heterocycles. The van der Waals surface area contributed by atoms with Crippen LogP contribution in [0.5, 0.6) is 0 Å². The van der Waals surface area contributed by atoms with E-state index in [-0.39, 0.29) is 5.91 Å². The van der Waals surface area contributed by atoms with Crippen molar-refractivity contribution in [2.24, 2.45) is 0 Å². The molecule has 0 aliphatic carbocycles. The topological polar surface area (TPSA) is 40.9 Å². The number of nitrogens with zero attached hydrogens (tertiary/aromatic N) is 4. The van der Waals surface area contributed by atoms with Gasteiger partial charge in [-0.1, -0.05) is 0 Å². The number of hydrogen-bond donors (Lipinski definition) is 0. The third-order valence-corrected chi connectivity index (χ3v) is 4.00. The number of fused-ring (bicyclic) bond motifs is 1. The van der Waals surface area contributed by atoms with Crippen molar-refractivity contribution in [3.63, 3.8) is 0 Å². The van der Waals surface area contributed by atoms with Crippen molar-refractivity contribution in [1.29, 1.82) is 0 Å². The molecule has 0 aromatic carbocycles. The van der Waals surface area contributed by atoms with Crippen LogP contribution < -0.4 is 0 Å². The highest BCUT2D eigenvalue weighted by Gasteiger charge is 2.28. The molecule has 0 bridgehead atoms. The van der Waals surface area contributed by atoms with Crippen molar-refractivity contribution < 1.29 is 4.79 Å². The second-order valence-corrected chi connectivity index (χ2v) is 5.72. The summed E-state index contributed by atoms with van der Waals surface area (Å²) in [6, 6.07) is 4.24. The first-order valence-electron chi connectivity index (χ1n) is 6.95. The fraction of sp³-hybridized carbons (Fsp3) is 0.467. The Balaban J connectivity index is 1.82. The average molecular weight is 272 g/mol. The van der Waals surface area contributed by atoms with Gasteiger partial charge in [0.1, 0.15) is 5.65 Å². The third-order valence-electron chi connectivity index (χ3n) is 4.00. The molecule has 1 aliphatic rings. The highest BCUT2D eigenvalue weighted by Crippen LogP contribution is 2.17. The zero-order valence-electron chi connectivity index (χ0n) is 12.2. The van der Waals surface area contributed by atoms with Crippen LogP contribution in [0.2, 0.25) is 0 Å². The molecule has 1 atom stereocenters. The predicted molar refractivity (Wildman–Crippen MR) is 77.9 cm³/mol. The van der Waals surface area contributed by atoms with Crippen molar-refractivity contribution >= 4 is 11.6 Å². The largest absolute Gasteiger partial charge is 0.337 e. The van der Waals surface area contributed by atoms with E-state index in [9.17, 15) is 4.79 Å². The Morgan fingerprint density at radius 2 is 2.15 bits per heavy atom. The highest BCUT2D eigenvalue weighted by atomic mass is 16.2. The first-order chi connectivity index (χ1) is 9.54. The van der Waals surface area contributed by atoms with Gasteiger partial charge in [0.25, 0.3) is 5.91 Å². The lowest BCUT2D eigenvalue weighted by molar-refractivity contribution is 0.0782. The molecule has 0 saturated carbocycles. The SMILES string of the molecule is Cc1cn2cc(C(=O)N3CCC(N(C)C)C3)ccc2n1. The van der Waals surface area contributed by atoms with Crippen LogP contribution in [0.25, 0.3) is 5.65 Å². The first-order valence-corrected chi connectivity index (χ1v) is 6.95. The Bertz CT molecular complexity index is 646. The second kappa shape index (κ2) is 4.90. The van der Waals surface area contributed by atoms with Gasteiger partial charge in [0, 0.05) is 31.5 Å². The maximum Gasteiger partial charge on any atom is 0.255 e. The standard InChI is InChI=1S/C15H20N4O/c1-11-8-19-9-12(4-5-14(19)16-11)15(20)18-7-6-13(10-18)17(2)3/h4-5,8-9,13H,6-7,10H2,1-3H3. The molecule has 3 rings (SSSR count). The van der Waals surface area contributed by atoms with Gasteiger partial charge < -0.3 is 14.2 Å². The maximum absolute atomic E-state index is 12.5. The predicted octanol–water partition coefficient (Wildman–Crippen LogP) is 1.42. The van der Waals surface area contributed by atoms with Crippen LogP contribution in [0.4, 0.5) is 0 Å². The molecule has 1 amide bonds. The number of pyridine rings is 1. The van der Waals surface area contributed by atoms with Gasteiger partial charge in [-0.2, -0.15) is 0 Å². The lowest BCUT2D eigenvalue weighted by atomic mass is 10.2. The van der Waals surface area contributed by atoms with E-state index in [0.29, 0.717) is 6.04 Å². The molecule has 1 aliphatic heterocycles. The first kappa shape index (κ1) is 13.1. The number of rotatable bonds is 2. The number of hydrogen-bond acceptors (Lipinski definition) is 3. The third kappa shape index (κ3) is 2.29. The van der Waals surface area contributed by atoms with Gasteiger partial charge >= 0.3 is 0 Å². The highest BCUT2D eigenvalue weighted by molar-refractivity contribution is 5.94. The summed E-state index contributed by atoms with van der Waals surface area (Å²) in [6.45, 7) is 3.60. The smallest absolute Gasteiger partial charge is 0.255 e. The van der Waals surface area contributed by atoms with E-state index in [0.717, 1.165) is 36.4 Å². The van der Waals surface area contributed by atoms with Crippen molar-refractivity contribution in [3.8, 4) is 0 Å². The lowest BCUT2D eigenvalue weighted by Crippen LogP contribution is -2.34. The maximum atomic E-state index is 12.5. The Hall–Kier alpha value is -1.88. The lowest BCUT2D eigenvalue weighted by Gasteiger charge is -2.20. The van der Waals surface area contributed by atoms with Crippen LogP contribution in [0.15, 0.2) is 24.5 Å². The second-order valence-electron chi connectivity index (χ2n) is 5.72. The quantitative estimate of drug-likeness (QED) is 0.830. The number of likely N-dealkylation sites (tertiary alicyclic amines) is 1. The molecule has 106 valence electrons. The minimum absolute atomic E-state index is 0.114. The molecule has 5 heteroatoms. The molecule has 1 fully saturated rings. The molecule has 5 nitrogen and oxygen atoms in total. The monoisotopic (exact) mass is 272 g/mol. The summed E-state index contributed by atoms with van der Waals surface area (Å²) in [5.41, 5.74) is 2.57. The molecule has 0 radical (unpaired) electrons. The van der Waals surface area contributed by atoms with E-state index >= 15 is 0 Å². The van der Waals surface area contributed by atoms with Gasteiger partial charge in [0.05, 0.1) is 11.3 Å². The zero-order valence-corrected chi connectivity index (χ0v) is 12.2. The summed E-state index contributed by atoms with van der Waals surface area (Å²) in [5, 5.41) is 0. The number of aryl methyl sites for hydroxylation is 1. The molecule has 1 unspecified atom stereocenters. The summed E-state index contributed by atoms with van der Waals surface area (Å²) in [7, 11) is 4.14. The average Bonchev–Trinajstić information content (AvgIpc) is 3.02. The van der Waals surface area contributed by atoms with Crippen LogP contribution in [0.1, 0.15) is 22.5 Å². The van der Waals surface area contributed by atoms with Crippen LogP contribution in [0.3, 0.4) is 0 Å². The van der Waals surface area contributed by atoms with Crippen molar-refractivity contribution in [2.75, 3.05) is 27.2 Å². The number of imidazole rings is 1. The number of likely N-dealkylation sites (N-methyl/N-ethyl adjacent to an activating group) is 1. The molecular formula is C15H20N4O. The van der Waals surface area contributed by atoms with E-state index in [4.69, 9.17) is 0 Å². The number of amides is 1. The van der Waals surface area contributed by atoms with Gasteiger partial charge in [0.2, 0.25) is 0 Å². The van der Waals surface area contributed by atoms with Crippen molar-refractivity contribution in [1.82, 2.24) is 19.2 Å². The molecular weight excluding hydrogens is 252 g/mol. The normalized spacial score (nSPS) is 19.2. The van der Waals surface area contributed by atoms with Crippen molar-refractivity contribution in [3.05, 3.63) is 35.8 Å². The van der Waals surface area contributed by atoms with E-state index in [1.807, 2.05) is 40.8 Å². The molecule has 3 heterocycles. The molecule has 20 heavy (non-hydrogen) atoms. The van der Waals surface area contributed by atoms with Gasteiger partial charge in [-0.3, -0.25) is 4.79 Å². The van der Waals surface area contributed by atoms with Gasteiger partial charge in [0.15, 0.2) is 0 Å². The fourth-order valence-electron chi connectivity index (χ4n) is 2.78. The van der Waals surface area contributed by atoms with Crippen molar-refractivity contribution in [2.45, 2.75) is 19.4 Å². The van der Waals surface area contributed by atoms with E-state index in [2.05, 4.69) is 24.0 Å². The van der Waals surface area contributed by atoms with E-state index in [1.54, 1.807) is 0 Å². The molecule has 1 saturated heterocycles. The number of aromatic nitrogens is 2. The van der Waals surface area contributed by atoms with Crippen LogP contribution in [0, 0.1) is 6.92 Å². The van der Waals surface area contributed by atoms with Crippen LogP contribution in [-0.2, 0) is 0 Å².